The predicted octanol–water partition coefficient (Wildman–Crippen LogP) is 1.15. The number of nitrogens with zero attached hydrogens (tertiary/aromatic N) is 1. The Balaban J connectivity index is 3.20. The summed E-state index contributed by atoms with van der Waals surface area (Å²) in [6.07, 6.45) is 0. The summed E-state index contributed by atoms with van der Waals surface area (Å²) in [7, 11) is 0. The Morgan fingerprint density at radius 1 is 1.44 bits per heavy atom. The molecule has 2 heteroatoms. The maximum absolute atomic E-state index is 8.15. The van der Waals surface area contributed by atoms with Crippen molar-refractivity contribution in [2.75, 3.05) is 13.1 Å². The van der Waals surface area contributed by atoms with Crippen molar-refractivity contribution in [2.24, 2.45) is 5.41 Å². The zero-order valence-electron chi connectivity index (χ0n) is 6.36. The molecule has 0 bridgehead atoms. The Morgan fingerprint density at radius 3 is 2.33 bits per heavy atom. The molecule has 0 unspecified atom stereocenters. The second-order valence-corrected chi connectivity index (χ2v) is 3.32. The van der Waals surface area contributed by atoms with E-state index >= 15 is 0 Å². The lowest BCUT2D eigenvalue weighted by atomic mass is 9.97. The summed E-state index contributed by atoms with van der Waals surface area (Å²) in [5.41, 5.74) is 0.289. The summed E-state index contributed by atoms with van der Waals surface area (Å²) in [4.78, 5) is 0. The minimum atomic E-state index is 0.289. The minimum absolute atomic E-state index is 0.289. The Kier molecular flexibility index (Phi) is 3.26. The second-order valence-electron chi connectivity index (χ2n) is 3.32. The maximum atomic E-state index is 8.15. The van der Waals surface area contributed by atoms with Gasteiger partial charge in [-0.2, -0.15) is 5.26 Å². The number of nitrogens with one attached hydrogen (secondary N) is 1. The van der Waals surface area contributed by atoms with Gasteiger partial charge in [0.2, 0.25) is 0 Å². The topological polar surface area (TPSA) is 35.8 Å². The quantitative estimate of drug-likeness (QED) is 0.445. The molecule has 0 aliphatic rings. The van der Waals surface area contributed by atoms with E-state index in [4.69, 9.17) is 5.26 Å². The van der Waals surface area contributed by atoms with Crippen LogP contribution >= 0.6 is 0 Å². The fraction of sp³-hybridized carbons (Fsp3) is 0.857. The van der Waals surface area contributed by atoms with Crippen molar-refractivity contribution in [3.05, 3.63) is 0 Å². The summed E-state index contributed by atoms with van der Waals surface area (Å²) in [5, 5.41) is 11.2. The SMILES string of the molecule is CC(C)(C)CNCC#N. The van der Waals surface area contributed by atoms with Crippen LogP contribution in [0.3, 0.4) is 0 Å². The lowest BCUT2D eigenvalue weighted by Crippen LogP contribution is -2.26. The van der Waals surface area contributed by atoms with E-state index in [-0.39, 0.29) is 5.41 Å². The molecule has 0 aromatic carbocycles. The zero-order valence-corrected chi connectivity index (χ0v) is 6.36. The van der Waals surface area contributed by atoms with Gasteiger partial charge in [-0.3, -0.25) is 0 Å². The van der Waals surface area contributed by atoms with Gasteiger partial charge in [0.15, 0.2) is 0 Å². The summed E-state index contributed by atoms with van der Waals surface area (Å²) in [6.45, 7) is 7.77. The number of hydrogen-bond acceptors (Lipinski definition) is 2. The fourth-order valence-electron chi connectivity index (χ4n) is 0.493. The van der Waals surface area contributed by atoms with Crippen LogP contribution in [-0.2, 0) is 0 Å². The van der Waals surface area contributed by atoms with Crippen LogP contribution in [0.25, 0.3) is 0 Å². The van der Waals surface area contributed by atoms with Crippen molar-refractivity contribution in [1.82, 2.24) is 5.32 Å². The molecule has 9 heavy (non-hydrogen) atoms. The molecule has 2 nitrogen and oxygen atoms in total. The van der Waals surface area contributed by atoms with E-state index in [2.05, 4.69) is 26.1 Å². The Bertz CT molecular complexity index is 105. The van der Waals surface area contributed by atoms with Crippen LogP contribution in [0.15, 0.2) is 0 Å². The van der Waals surface area contributed by atoms with Crippen LogP contribution in [0.1, 0.15) is 20.8 Å². The molecule has 0 aliphatic heterocycles. The molecule has 0 atom stereocenters. The molecule has 1 N–H and O–H groups in total. The Hall–Kier alpha value is -0.550. The summed E-state index contributed by atoms with van der Waals surface area (Å²) in [6, 6.07) is 2.03. The average Bonchev–Trinajstić information content (AvgIpc) is 1.63. The monoisotopic (exact) mass is 126 g/mol. The molecular weight excluding hydrogens is 112 g/mol. The van der Waals surface area contributed by atoms with Gasteiger partial charge in [0.05, 0.1) is 12.6 Å². The maximum Gasteiger partial charge on any atom is 0.0841 e. The van der Waals surface area contributed by atoms with E-state index in [0.29, 0.717) is 6.54 Å². The molecule has 0 aromatic rings. The third kappa shape index (κ3) is 7.45. The van der Waals surface area contributed by atoms with E-state index < -0.39 is 0 Å². The van der Waals surface area contributed by atoms with Gasteiger partial charge in [0, 0.05) is 6.54 Å². The summed E-state index contributed by atoms with van der Waals surface area (Å²) < 4.78 is 0. The number of rotatable bonds is 2. The van der Waals surface area contributed by atoms with Gasteiger partial charge in [0.1, 0.15) is 0 Å². The molecule has 0 aliphatic carbocycles. The molecular formula is C7H14N2. The van der Waals surface area contributed by atoms with E-state index in [9.17, 15) is 0 Å². The van der Waals surface area contributed by atoms with Crippen molar-refractivity contribution in [3.8, 4) is 6.07 Å². The van der Waals surface area contributed by atoms with Crippen LogP contribution in [-0.4, -0.2) is 13.1 Å². The van der Waals surface area contributed by atoms with Gasteiger partial charge < -0.3 is 5.32 Å². The van der Waals surface area contributed by atoms with E-state index in [1.54, 1.807) is 0 Å². The third-order valence-corrected chi connectivity index (χ3v) is 0.859. The lowest BCUT2D eigenvalue weighted by molar-refractivity contribution is 0.389. The first-order valence-corrected chi connectivity index (χ1v) is 3.14. The number of nitriles is 1. The van der Waals surface area contributed by atoms with Crippen LogP contribution in [0, 0.1) is 16.7 Å². The van der Waals surface area contributed by atoms with Crippen molar-refractivity contribution in [2.45, 2.75) is 20.8 Å². The smallest absolute Gasteiger partial charge is 0.0841 e. The Labute approximate surface area is 56.9 Å². The first-order chi connectivity index (χ1) is 4.06. The largest absolute Gasteiger partial charge is 0.304 e. The van der Waals surface area contributed by atoms with E-state index in [1.165, 1.54) is 0 Å². The molecule has 0 saturated carbocycles. The minimum Gasteiger partial charge on any atom is -0.304 e. The van der Waals surface area contributed by atoms with Crippen LogP contribution in [0.2, 0.25) is 0 Å². The van der Waals surface area contributed by atoms with Crippen molar-refractivity contribution < 1.29 is 0 Å². The van der Waals surface area contributed by atoms with Crippen molar-refractivity contribution in [3.63, 3.8) is 0 Å². The van der Waals surface area contributed by atoms with Gasteiger partial charge in [-0.1, -0.05) is 20.8 Å². The average molecular weight is 126 g/mol. The molecule has 0 heterocycles. The highest BCUT2D eigenvalue weighted by molar-refractivity contribution is 4.75. The predicted molar refractivity (Wildman–Crippen MR) is 37.9 cm³/mol. The van der Waals surface area contributed by atoms with Gasteiger partial charge in [-0.25, -0.2) is 0 Å². The highest BCUT2D eigenvalue weighted by atomic mass is 14.9. The molecule has 0 aromatic heterocycles. The first-order valence-electron chi connectivity index (χ1n) is 3.14. The van der Waals surface area contributed by atoms with E-state index in [1.807, 2.05) is 6.07 Å². The molecule has 0 fully saturated rings. The molecule has 0 saturated heterocycles. The normalized spacial score (nSPS) is 10.9. The number of hydrogen-bond donors (Lipinski definition) is 1. The third-order valence-electron chi connectivity index (χ3n) is 0.859. The van der Waals surface area contributed by atoms with Crippen LogP contribution in [0.5, 0.6) is 0 Å². The van der Waals surface area contributed by atoms with Crippen LogP contribution in [0.4, 0.5) is 0 Å². The van der Waals surface area contributed by atoms with Gasteiger partial charge in [-0.05, 0) is 5.41 Å². The molecule has 0 spiro atoms. The zero-order chi connectivity index (χ0) is 7.33. The summed E-state index contributed by atoms with van der Waals surface area (Å²) >= 11 is 0. The molecule has 0 amide bonds. The van der Waals surface area contributed by atoms with Gasteiger partial charge in [0.25, 0.3) is 0 Å². The highest BCUT2D eigenvalue weighted by Crippen LogP contribution is 2.09. The second kappa shape index (κ2) is 3.47. The van der Waals surface area contributed by atoms with E-state index in [0.717, 1.165) is 6.54 Å². The first kappa shape index (κ1) is 8.45. The molecule has 0 rings (SSSR count). The van der Waals surface area contributed by atoms with Crippen LogP contribution < -0.4 is 5.32 Å². The van der Waals surface area contributed by atoms with Gasteiger partial charge in [-0.15, -0.1) is 0 Å². The molecule has 52 valence electrons. The Morgan fingerprint density at radius 2 is 2.00 bits per heavy atom. The van der Waals surface area contributed by atoms with Crippen molar-refractivity contribution in [1.29, 1.82) is 5.26 Å². The lowest BCUT2D eigenvalue weighted by Gasteiger charge is -2.16. The fourth-order valence-corrected chi connectivity index (χ4v) is 0.493. The standard InChI is InChI=1S/C7H14N2/c1-7(2,3)6-9-5-4-8/h9H,5-6H2,1-3H3. The summed E-state index contributed by atoms with van der Waals surface area (Å²) in [5.74, 6) is 0. The van der Waals surface area contributed by atoms with Gasteiger partial charge >= 0.3 is 0 Å². The van der Waals surface area contributed by atoms with Crippen molar-refractivity contribution >= 4 is 0 Å². The molecule has 0 radical (unpaired) electrons. The highest BCUT2D eigenvalue weighted by Gasteiger charge is 2.07.